The van der Waals surface area contributed by atoms with Crippen molar-refractivity contribution < 1.29 is 0 Å². The second kappa shape index (κ2) is 6.33. The van der Waals surface area contributed by atoms with Crippen LogP contribution in [0.4, 0.5) is 0 Å². The van der Waals surface area contributed by atoms with E-state index in [1.165, 1.54) is 10.3 Å². The summed E-state index contributed by atoms with van der Waals surface area (Å²) in [6.07, 6.45) is 2.76. The molecule has 2 heterocycles. The van der Waals surface area contributed by atoms with Gasteiger partial charge in [0.1, 0.15) is 0 Å². The SMILES string of the molecule is CCNC(Cc1nc2ccccc2s1)c1cc(C)ccn1. The molecule has 1 unspecified atom stereocenters. The van der Waals surface area contributed by atoms with Crippen LogP contribution in [0.25, 0.3) is 10.2 Å². The first-order chi connectivity index (χ1) is 10.3. The number of nitrogens with zero attached hydrogens (tertiary/aromatic N) is 2. The maximum absolute atomic E-state index is 4.73. The van der Waals surface area contributed by atoms with Gasteiger partial charge in [-0.1, -0.05) is 19.1 Å². The van der Waals surface area contributed by atoms with Crippen LogP contribution in [-0.4, -0.2) is 16.5 Å². The Bertz CT molecular complexity index is 702. The first-order valence-electron chi connectivity index (χ1n) is 7.26. The summed E-state index contributed by atoms with van der Waals surface area (Å²) in [6.45, 7) is 5.15. The Labute approximate surface area is 129 Å². The fourth-order valence-electron chi connectivity index (χ4n) is 2.46. The van der Waals surface area contributed by atoms with Gasteiger partial charge in [-0.3, -0.25) is 4.98 Å². The van der Waals surface area contributed by atoms with Crippen LogP contribution < -0.4 is 5.32 Å². The van der Waals surface area contributed by atoms with Gasteiger partial charge in [-0.05, 0) is 43.3 Å². The maximum Gasteiger partial charge on any atom is 0.0958 e. The van der Waals surface area contributed by atoms with Crippen molar-refractivity contribution in [3.63, 3.8) is 0 Å². The summed E-state index contributed by atoms with van der Waals surface area (Å²) in [5.41, 5.74) is 3.42. The number of hydrogen-bond acceptors (Lipinski definition) is 4. The molecule has 0 spiro atoms. The Morgan fingerprint density at radius 1 is 1.24 bits per heavy atom. The van der Waals surface area contributed by atoms with Gasteiger partial charge in [0.25, 0.3) is 0 Å². The van der Waals surface area contributed by atoms with E-state index >= 15 is 0 Å². The standard InChI is InChI=1S/C17H19N3S/c1-3-18-15(14-10-12(2)8-9-19-14)11-17-20-13-6-4-5-7-16(13)21-17/h4-10,15,18H,3,11H2,1-2H3. The second-order valence-electron chi connectivity index (χ2n) is 5.15. The summed E-state index contributed by atoms with van der Waals surface area (Å²) in [4.78, 5) is 9.26. The highest BCUT2D eigenvalue weighted by Crippen LogP contribution is 2.25. The number of pyridine rings is 1. The summed E-state index contributed by atoms with van der Waals surface area (Å²) in [7, 11) is 0. The average Bonchev–Trinajstić information content (AvgIpc) is 2.89. The van der Waals surface area contributed by atoms with E-state index in [1.807, 2.05) is 18.3 Å². The Morgan fingerprint density at radius 2 is 2.10 bits per heavy atom. The maximum atomic E-state index is 4.73. The van der Waals surface area contributed by atoms with Gasteiger partial charge < -0.3 is 5.32 Å². The number of benzene rings is 1. The number of aryl methyl sites for hydroxylation is 1. The van der Waals surface area contributed by atoms with Crippen molar-refractivity contribution in [1.82, 2.24) is 15.3 Å². The highest BCUT2D eigenvalue weighted by atomic mass is 32.1. The molecule has 1 atom stereocenters. The van der Waals surface area contributed by atoms with Crippen molar-refractivity contribution in [2.24, 2.45) is 0 Å². The molecular weight excluding hydrogens is 278 g/mol. The van der Waals surface area contributed by atoms with E-state index in [0.29, 0.717) is 0 Å². The molecule has 0 amide bonds. The van der Waals surface area contributed by atoms with E-state index in [1.54, 1.807) is 11.3 Å². The minimum atomic E-state index is 0.218. The summed E-state index contributed by atoms with van der Waals surface area (Å²) in [5, 5.41) is 4.68. The van der Waals surface area contributed by atoms with Crippen molar-refractivity contribution in [2.75, 3.05) is 6.54 Å². The topological polar surface area (TPSA) is 37.8 Å². The lowest BCUT2D eigenvalue weighted by molar-refractivity contribution is 0.535. The third kappa shape index (κ3) is 3.28. The molecule has 108 valence electrons. The Hall–Kier alpha value is -1.78. The summed E-state index contributed by atoms with van der Waals surface area (Å²) in [5.74, 6) is 0. The van der Waals surface area contributed by atoms with Gasteiger partial charge in [-0.25, -0.2) is 4.98 Å². The third-order valence-electron chi connectivity index (χ3n) is 3.46. The van der Waals surface area contributed by atoms with Gasteiger partial charge in [0.15, 0.2) is 0 Å². The molecule has 4 heteroatoms. The van der Waals surface area contributed by atoms with Gasteiger partial charge >= 0.3 is 0 Å². The molecule has 21 heavy (non-hydrogen) atoms. The number of nitrogens with one attached hydrogen (secondary N) is 1. The van der Waals surface area contributed by atoms with Crippen molar-refractivity contribution >= 4 is 21.6 Å². The smallest absolute Gasteiger partial charge is 0.0958 e. The number of likely N-dealkylation sites (N-methyl/N-ethyl adjacent to an activating group) is 1. The molecule has 1 aromatic carbocycles. The predicted molar refractivity (Wildman–Crippen MR) is 88.7 cm³/mol. The number of para-hydroxylation sites is 1. The molecule has 0 bridgehead atoms. The predicted octanol–water partition coefficient (Wildman–Crippen LogP) is 3.89. The fraction of sp³-hybridized carbons (Fsp3) is 0.294. The van der Waals surface area contributed by atoms with Crippen LogP contribution in [0.5, 0.6) is 0 Å². The highest BCUT2D eigenvalue weighted by Gasteiger charge is 2.15. The van der Waals surface area contributed by atoms with Crippen LogP contribution in [-0.2, 0) is 6.42 Å². The zero-order valence-electron chi connectivity index (χ0n) is 12.3. The zero-order valence-corrected chi connectivity index (χ0v) is 13.2. The molecule has 0 radical (unpaired) electrons. The third-order valence-corrected chi connectivity index (χ3v) is 4.52. The minimum Gasteiger partial charge on any atom is -0.309 e. The monoisotopic (exact) mass is 297 g/mol. The minimum absolute atomic E-state index is 0.218. The number of aromatic nitrogens is 2. The molecule has 0 saturated heterocycles. The van der Waals surface area contributed by atoms with E-state index in [-0.39, 0.29) is 6.04 Å². The highest BCUT2D eigenvalue weighted by molar-refractivity contribution is 7.18. The molecular formula is C17H19N3S. The number of hydrogen-bond donors (Lipinski definition) is 1. The molecule has 0 saturated carbocycles. The lowest BCUT2D eigenvalue weighted by atomic mass is 10.1. The summed E-state index contributed by atoms with van der Waals surface area (Å²) < 4.78 is 1.25. The van der Waals surface area contributed by atoms with Crippen LogP contribution >= 0.6 is 11.3 Å². The molecule has 1 N–H and O–H groups in total. The molecule has 3 nitrogen and oxygen atoms in total. The molecule has 0 aliphatic carbocycles. The largest absolute Gasteiger partial charge is 0.309 e. The molecule has 0 aliphatic rings. The number of fused-ring (bicyclic) bond motifs is 1. The van der Waals surface area contributed by atoms with E-state index in [9.17, 15) is 0 Å². The zero-order chi connectivity index (χ0) is 14.7. The summed E-state index contributed by atoms with van der Waals surface area (Å²) in [6, 6.07) is 12.7. The summed E-state index contributed by atoms with van der Waals surface area (Å²) >= 11 is 1.77. The van der Waals surface area contributed by atoms with Crippen molar-refractivity contribution in [3.05, 3.63) is 58.9 Å². The second-order valence-corrected chi connectivity index (χ2v) is 6.26. The Balaban J connectivity index is 1.87. The molecule has 0 fully saturated rings. The van der Waals surface area contributed by atoms with Gasteiger partial charge in [0.05, 0.1) is 27.0 Å². The van der Waals surface area contributed by atoms with Crippen molar-refractivity contribution in [3.8, 4) is 0 Å². The van der Waals surface area contributed by atoms with Gasteiger partial charge in [0, 0.05) is 12.6 Å². The van der Waals surface area contributed by atoms with E-state index in [4.69, 9.17) is 4.98 Å². The van der Waals surface area contributed by atoms with Crippen molar-refractivity contribution in [1.29, 1.82) is 0 Å². The van der Waals surface area contributed by atoms with E-state index < -0.39 is 0 Å². The molecule has 0 aliphatic heterocycles. The fourth-order valence-corrected chi connectivity index (χ4v) is 3.47. The van der Waals surface area contributed by atoms with Crippen LogP contribution in [0.3, 0.4) is 0 Å². The van der Waals surface area contributed by atoms with Crippen molar-refractivity contribution in [2.45, 2.75) is 26.3 Å². The molecule has 3 aromatic rings. The first-order valence-corrected chi connectivity index (χ1v) is 8.08. The average molecular weight is 297 g/mol. The van der Waals surface area contributed by atoms with Gasteiger partial charge in [-0.15, -0.1) is 11.3 Å². The molecule has 3 rings (SSSR count). The van der Waals surface area contributed by atoms with Gasteiger partial charge in [-0.2, -0.15) is 0 Å². The lowest BCUT2D eigenvalue weighted by Crippen LogP contribution is -2.23. The first kappa shape index (κ1) is 14.2. The quantitative estimate of drug-likeness (QED) is 0.776. The van der Waals surface area contributed by atoms with Crippen LogP contribution in [0.1, 0.15) is 29.2 Å². The number of thiazole rings is 1. The Kier molecular flexibility index (Phi) is 4.27. The Morgan fingerprint density at radius 3 is 2.86 bits per heavy atom. The van der Waals surface area contributed by atoms with E-state index in [0.717, 1.165) is 29.2 Å². The normalized spacial score (nSPS) is 12.7. The van der Waals surface area contributed by atoms with Crippen LogP contribution in [0.2, 0.25) is 0 Å². The lowest BCUT2D eigenvalue weighted by Gasteiger charge is -2.16. The molecule has 2 aromatic heterocycles. The van der Waals surface area contributed by atoms with Crippen LogP contribution in [0.15, 0.2) is 42.6 Å². The van der Waals surface area contributed by atoms with Gasteiger partial charge in [0.2, 0.25) is 0 Å². The van der Waals surface area contributed by atoms with Crippen LogP contribution in [0, 0.1) is 6.92 Å². The number of rotatable bonds is 5. The van der Waals surface area contributed by atoms with E-state index in [2.05, 4.69) is 48.4 Å².